The molecule has 0 spiro atoms. The highest BCUT2D eigenvalue weighted by molar-refractivity contribution is 5.93. The molecular weight excluding hydrogens is 240 g/mol. The molecule has 8 nitrogen and oxygen atoms in total. The highest BCUT2D eigenvalue weighted by Crippen LogP contribution is 2.05. The van der Waals surface area contributed by atoms with Crippen molar-refractivity contribution in [3.8, 4) is 0 Å². The molecule has 8 heteroatoms. The molecule has 96 valence electrons. The molecule has 0 aliphatic heterocycles. The number of carboxylic acid groups (broad SMARTS) is 1. The Labute approximate surface area is 102 Å². The van der Waals surface area contributed by atoms with Crippen LogP contribution in [0.1, 0.15) is 10.4 Å². The summed E-state index contributed by atoms with van der Waals surface area (Å²) in [4.78, 5) is 36.1. The molecule has 1 aromatic rings. The minimum absolute atomic E-state index is 0.150. The summed E-state index contributed by atoms with van der Waals surface area (Å²) in [6.45, 7) is -0.599. The summed E-state index contributed by atoms with van der Waals surface area (Å²) in [5.41, 5.74) is 5.34. The number of nitrogens with two attached hydrogens (primary N) is 1. The fourth-order valence-corrected chi connectivity index (χ4v) is 1.09. The molecule has 5 N–H and O–H groups in total. The Kier molecular flexibility index (Phi) is 4.61. The number of carboxylic acids is 1. The first kappa shape index (κ1) is 13.4. The van der Waals surface area contributed by atoms with Crippen molar-refractivity contribution in [1.29, 1.82) is 0 Å². The number of nitrogens with zero attached hydrogens (tertiary/aromatic N) is 1. The van der Waals surface area contributed by atoms with E-state index in [4.69, 9.17) is 10.8 Å². The van der Waals surface area contributed by atoms with Gasteiger partial charge in [-0.1, -0.05) is 0 Å². The monoisotopic (exact) mass is 252 g/mol. The number of nitrogens with one attached hydrogen (secondary N) is 2. The number of hydrogen-bond donors (Lipinski definition) is 4. The predicted molar refractivity (Wildman–Crippen MR) is 61.9 cm³/mol. The van der Waals surface area contributed by atoms with Gasteiger partial charge in [-0.15, -0.1) is 0 Å². The minimum atomic E-state index is -1.13. The fraction of sp³-hybridized carbons (Fsp3) is 0.200. The fourth-order valence-electron chi connectivity index (χ4n) is 1.09. The molecule has 0 bridgehead atoms. The Morgan fingerprint density at radius 3 is 2.67 bits per heavy atom. The largest absolute Gasteiger partial charge is 0.480 e. The van der Waals surface area contributed by atoms with E-state index in [9.17, 15) is 14.4 Å². The number of hydrogen-bond acceptors (Lipinski definition) is 5. The lowest BCUT2D eigenvalue weighted by atomic mass is 10.2. The zero-order valence-electron chi connectivity index (χ0n) is 9.34. The zero-order chi connectivity index (χ0) is 13.5. The second kappa shape index (κ2) is 6.18. The molecule has 2 amide bonds. The molecule has 0 radical (unpaired) electrons. The first-order valence-electron chi connectivity index (χ1n) is 4.97. The maximum atomic E-state index is 11.2. The zero-order valence-corrected chi connectivity index (χ0v) is 9.34. The van der Waals surface area contributed by atoms with Crippen LogP contribution in [0, 0.1) is 0 Å². The van der Waals surface area contributed by atoms with E-state index >= 15 is 0 Å². The standard InChI is InChI=1S/C10H12N4O4/c11-10(18)6-1-2-12-7(3-6)13-4-8(15)14-5-9(16)17/h1-3H,4-5H2,(H2,11,18)(H,12,13)(H,14,15)(H,16,17). The number of carbonyl (C=O) groups is 3. The third-order valence-corrected chi connectivity index (χ3v) is 1.91. The highest BCUT2D eigenvalue weighted by Gasteiger charge is 2.05. The van der Waals surface area contributed by atoms with E-state index in [-0.39, 0.29) is 12.1 Å². The Morgan fingerprint density at radius 2 is 2.06 bits per heavy atom. The van der Waals surface area contributed by atoms with E-state index < -0.39 is 24.3 Å². The maximum Gasteiger partial charge on any atom is 0.322 e. The molecule has 1 heterocycles. The van der Waals surface area contributed by atoms with Crippen LogP contribution >= 0.6 is 0 Å². The number of anilines is 1. The molecule has 0 fully saturated rings. The summed E-state index contributed by atoms with van der Waals surface area (Å²) in [5.74, 6) is -1.92. The molecule has 0 aromatic carbocycles. The molecule has 0 saturated carbocycles. The van der Waals surface area contributed by atoms with Crippen LogP contribution in [0.15, 0.2) is 18.3 Å². The van der Waals surface area contributed by atoms with Gasteiger partial charge in [0.2, 0.25) is 11.8 Å². The quantitative estimate of drug-likeness (QED) is 0.502. The SMILES string of the molecule is NC(=O)c1ccnc(NCC(=O)NCC(=O)O)c1. The van der Waals surface area contributed by atoms with Gasteiger partial charge in [0.25, 0.3) is 0 Å². The molecule has 0 unspecified atom stereocenters. The highest BCUT2D eigenvalue weighted by atomic mass is 16.4. The summed E-state index contributed by atoms with van der Waals surface area (Å²) in [7, 11) is 0. The number of aromatic nitrogens is 1. The average molecular weight is 252 g/mol. The lowest BCUT2D eigenvalue weighted by molar-refractivity contribution is -0.137. The van der Waals surface area contributed by atoms with E-state index in [2.05, 4.69) is 15.6 Å². The number of primary amides is 1. The van der Waals surface area contributed by atoms with Gasteiger partial charge in [0, 0.05) is 11.8 Å². The Bertz CT molecular complexity index is 475. The van der Waals surface area contributed by atoms with E-state index in [1.54, 1.807) is 0 Å². The Hall–Kier alpha value is -2.64. The molecule has 18 heavy (non-hydrogen) atoms. The van der Waals surface area contributed by atoms with Crippen molar-refractivity contribution in [3.05, 3.63) is 23.9 Å². The molecular formula is C10H12N4O4. The third kappa shape index (κ3) is 4.47. The van der Waals surface area contributed by atoms with Gasteiger partial charge in [-0.2, -0.15) is 0 Å². The maximum absolute atomic E-state index is 11.2. The van der Waals surface area contributed by atoms with E-state index in [0.29, 0.717) is 5.82 Å². The van der Waals surface area contributed by atoms with Crippen molar-refractivity contribution in [2.24, 2.45) is 5.73 Å². The molecule has 0 aliphatic rings. The number of pyridine rings is 1. The lowest BCUT2D eigenvalue weighted by Crippen LogP contribution is -2.34. The lowest BCUT2D eigenvalue weighted by Gasteiger charge is -2.06. The van der Waals surface area contributed by atoms with Gasteiger partial charge in [0.15, 0.2) is 0 Å². The number of rotatable bonds is 6. The summed E-state index contributed by atoms with van der Waals surface area (Å²) in [5, 5.41) is 13.2. The van der Waals surface area contributed by atoms with Crippen molar-refractivity contribution in [1.82, 2.24) is 10.3 Å². The summed E-state index contributed by atoms with van der Waals surface area (Å²) in [6, 6.07) is 2.84. The van der Waals surface area contributed by atoms with Gasteiger partial charge in [0.1, 0.15) is 12.4 Å². The van der Waals surface area contributed by atoms with Crippen molar-refractivity contribution in [2.75, 3.05) is 18.4 Å². The van der Waals surface area contributed by atoms with Gasteiger partial charge >= 0.3 is 5.97 Å². The Morgan fingerprint density at radius 1 is 1.33 bits per heavy atom. The van der Waals surface area contributed by atoms with Crippen LogP contribution in [0.5, 0.6) is 0 Å². The predicted octanol–water partition coefficient (Wildman–Crippen LogP) is -1.21. The number of amides is 2. The molecule has 0 atom stereocenters. The van der Waals surface area contributed by atoms with Crippen LogP contribution in [0.2, 0.25) is 0 Å². The summed E-state index contributed by atoms with van der Waals surface area (Å²) in [6.07, 6.45) is 1.37. The molecule has 0 aliphatic carbocycles. The van der Waals surface area contributed by atoms with Crippen LogP contribution in [0.3, 0.4) is 0 Å². The smallest absolute Gasteiger partial charge is 0.322 e. The van der Waals surface area contributed by atoms with Gasteiger partial charge in [-0.05, 0) is 12.1 Å². The second-order valence-corrected chi connectivity index (χ2v) is 3.32. The first-order chi connectivity index (χ1) is 8.49. The second-order valence-electron chi connectivity index (χ2n) is 3.32. The normalized spacial score (nSPS) is 9.56. The Balaban J connectivity index is 2.48. The van der Waals surface area contributed by atoms with E-state index in [0.717, 1.165) is 0 Å². The summed E-state index contributed by atoms with van der Waals surface area (Å²) < 4.78 is 0. The average Bonchev–Trinajstić information content (AvgIpc) is 2.34. The van der Waals surface area contributed by atoms with E-state index in [1.807, 2.05) is 0 Å². The minimum Gasteiger partial charge on any atom is -0.480 e. The van der Waals surface area contributed by atoms with Gasteiger partial charge in [0.05, 0.1) is 6.54 Å². The number of carbonyl (C=O) groups excluding carboxylic acids is 2. The van der Waals surface area contributed by atoms with Crippen LogP contribution in [0.4, 0.5) is 5.82 Å². The van der Waals surface area contributed by atoms with Crippen molar-refractivity contribution < 1.29 is 19.5 Å². The van der Waals surface area contributed by atoms with Gasteiger partial charge in [-0.25, -0.2) is 4.98 Å². The van der Waals surface area contributed by atoms with Crippen molar-refractivity contribution >= 4 is 23.6 Å². The van der Waals surface area contributed by atoms with E-state index in [1.165, 1.54) is 18.3 Å². The van der Waals surface area contributed by atoms with Gasteiger partial charge < -0.3 is 21.5 Å². The first-order valence-corrected chi connectivity index (χ1v) is 4.97. The van der Waals surface area contributed by atoms with Crippen LogP contribution in [-0.4, -0.2) is 41.0 Å². The van der Waals surface area contributed by atoms with Crippen LogP contribution < -0.4 is 16.4 Å². The van der Waals surface area contributed by atoms with Crippen molar-refractivity contribution in [2.45, 2.75) is 0 Å². The molecule has 1 rings (SSSR count). The molecule has 0 saturated heterocycles. The topological polar surface area (TPSA) is 134 Å². The third-order valence-electron chi connectivity index (χ3n) is 1.91. The number of aliphatic carboxylic acids is 1. The van der Waals surface area contributed by atoms with Crippen LogP contribution in [-0.2, 0) is 9.59 Å². The van der Waals surface area contributed by atoms with Crippen molar-refractivity contribution in [3.63, 3.8) is 0 Å². The van der Waals surface area contributed by atoms with Gasteiger partial charge in [-0.3, -0.25) is 14.4 Å². The van der Waals surface area contributed by atoms with Crippen LogP contribution in [0.25, 0.3) is 0 Å². The molecule has 1 aromatic heterocycles. The summed E-state index contributed by atoms with van der Waals surface area (Å²) >= 11 is 0.